The minimum absolute atomic E-state index is 0. The maximum atomic E-state index is 10.0. The molecule has 4 heteroatoms. The molecule has 3 rings (SSSR count). The summed E-state index contributed by atoms with van der Waals surface area (Å²) < 4.78 is 0. The fourth-order valence-electron chi connectivity index (χ4n) is 3.54. The van der Waals surface area contributed by atoms with E-state index in [1.165, 1.54) is 64.0 Å². The van der Waals surface area contributed by atoms with Crippen molar-refractivity contribution in [3.63, 3.8) is 0 Å². The van der Waals surface area contributed by atoms with Crippen LogP contribution >= 0.6 is 0 Å². The van der Waals surface area contributed by atoms with Gasteiger partial charge in [0.15, 0.2) is 5.78 Å². The number of nitrogens with zero attached hydrogens (tertiary/aromatic N) is 1. The fraction of sp³-hybridized carbons (Fsp3) is 0.550. The van der Waals surface area contributed by atoms with Crippen LogP contribution in [0.1, 0.15) is 64.0 Å². The second kappa shape index (κ2) is 10.8. The Morgan fingerprint density at radius 1 is 1.21 bits per heavy atom. The van der Waals surface area contributed by atoms with Crippen molar-refractivity contribution in [2.75, 3.05) is 0 Å². The summed E-state index contributed by atoms with van der Waals surface area (Å²) in [6.07, 6.45) is 9.34. The van der Waals surface area contributed by atoms with Crippen LogP contribution in [0.15, 0.2) is 36.1 Å². The van der Waals surface area contributed by atoms with Gasteiger partial charge in [0.1, 0.15) is 0 Å². The molecule has 0 amide bonds. The van der Waals surface area contributed by atoms with Crippen molar-refractivity contribution in [2.24, 2.45) is 5.92 Å². The topological polar surface area (TPSA) is 51.4 Å². The average molecular weight is 506 g/mol. The van der Waals surface area contributed by atoms with Crippen molar-refractivity contribution in [1.82, 2.24) is 0 Å². The molecule has 1 N–H and O–H groups in total. The molecule has 1 saturated carbocycles. The summed E-state index contributed by atoms with van der Waals surface area (Å²) in [7, 11) is 0. The van der Waals surface area contributed by atoms with E-state index in [2.05, 4.69) is 18.2 Å². The first-order valence-corrected chi connectivity index (χ1v) is 8.60. The second-order valence-electron chi connectivity index (χ2n) is 6.57. The number of fused-ring (bicyclic) bond motifs is 1. The van der Waals surface area contributed by atoms with Crippen molar-refractivity contribution in [3.8, 4) is 0 Å². The number of piperidine rings is 1. The molecular weight excluding hydrogens is 478 g/mol. The summed E-state index contributed by atoms with van der Waals surface area (Å²) in [5.74, 6) is 0.834. The minimum Gasteiger partial charge on any atom is -0.654 e. The number of carbonyl (C=O) groups is 1. The van der Waals surface area contributed by atoms with E-state index in [1.807, 2.05) is 12.1 Å². The van der Waals surface area contributed by atoms with Crippen LogP contribution in [0.4, 0.5) is 0 Å². The summed E-state index contributed by atoms with van der Waals surface area (Å²) >= 11 is 0. The van der Waals surface area contributed by atoms with Crippen LogP contribution in [0.5, 0.6) is 0 Å². The third kappa shape index (κ3) is 6.88. The summed E-state index contributed by atoms with van der Waals surface area (Å²) in [6.45, 7) is 2.85. The Labute approximate surface area is 159 Å². The van der Waals surface area contributed by atoms with E-state index in [1.54, 1.807) is 0 Å². The number of ketones is 1. The molecule has 3 atom stereocenters. The Morgan fingerprint density at radius 3 is 2.54 bits per heavy atom. The van der Waals surface area contributed by atoms with Crippen LogP contribution in [0.2, 0.25) is 0 Å². The minimum atomic E-state index is -0.125. The molecule has 3 nitrogen and oxygen atoms in total. The maximum Gasteiger partial charge on any atom is 0.155 e. The van der Waals surface area contributed by atoms with E-state index in [0.717, 1.165) is 5.92 Å². The van der Waals surface area contributed by atoms with Crippen molar-refractivity contribution < 1.29 is 30.0 Å². The Morgan fingerprint density at radius 2 is 1.96 bits per heavy atom. The van der Waals surface area contributed by atoms with Gasteiger partial charge < -0.3 is 10.4 Å². The number of hydrogen-bond donors (Lipinski definition) is 1. The number of aliphatic hydroxyl groups is 1. The zero-order chi connectivity index (χ0) is 16.7. The van der Waals surface area contributed by atoms with Gasteiger partial charge in [-0.2, -0.15) is 35.9 Å². The van der Waals surface area contributed by atoms with E-state index in [0.29, 0.717) is 12.1 Å². The van der Waals surface area contributed by atoms with Gasteiger partial charge in [0.25, 0.3) is 0 Å². The van der Waals surface area contributed by atoms with Gasteiger partial charge in [-0.15, -0.1) is 12.1 Å². The van der Waals surface area contributed by atoms with E-state index in [-0.39, 0.29) is 31.6 Å². The van der Waals surface area contributed by atoms with Gasteiger partial charge in [-0.1, -0.05) is 44.4 Å². The molecule has 1 aromatic carbocycles. The molecule has 0 aromatic heterocycles. The van der Waals surface area contributed by atoms with Gasteiger partial charge in [0, 0.05) is 26.2 Å². The van der Waals surface area contributed by atoms with E-state index in [9.17, 15) is 4.79 Å². The zero-order valence-electron chi connectivity index (χ0n) is 14.5. The molecular formula is C20H27IrNO2-2. The summed E-state index contributed by atoms with van der Waals surface area (Å²) in [4.78, 5) is 10.0. The van der Waals surface area contributed by atoms with Gasteiger partial charge in [-0.05, 0) is 13.8 Å². The molecule has 2 aliphatic rings. The largest absolute Gasteiger partial charge is 0.654 e. The van der Waals surface area contributed by atoms with Crippen molar-refractivity contribution in [3.05, 3.63) is 53.0 Å². The molecule has 2 fully saturated rings. The number of carbonyl (C=O) groups excluding carboxylic acids is 1. The molecule has 0 bridgehead atoms. The van der Waals surface area contributed by atoms with Gasteiger partial charge in [0.05, 0.1) is 5.76 Å². The number of rotatable bonds is 2. The van der Waals surface area contributed by atoms with Gasteiger partial charge >= 0.3 is 0 Å². The monoisotopic (exact) mass is 506 g/mol. The summed E-state index contributed by atoms with van der Waals surface area (Å²) in [5, 5.41) is 13.4. The number of aliphatic hydroxyl groups excluding tert-OH is 1. The van der Waals surface area contributed by atoms with E-state index in [4.69, 9.17) is 10.4 Å². The van der Waals surface area contributed by atoms with Crippen LogP contribution in [0.3, 0.4) is 0 Å². The van der Waals surface area contributed by atoms with E-state index >= 15 is 0 Å². The Kier molecular flexibility index (Phi) is 9.50. The fourth-order valence-corrected chi connectivity index (χ4v) is 3.54. The third-order valence-corrected chi connectivity index (χ3v) is 4.56. The van der Waals surface area contributed by atoms with Gasteiger partial charge in [0.2, 0.25) is 0 Å². The van der Waals surface area contributed by atoms with Crippen molar-refractivity contribution in [1.29, 1.82) is 0 Å². The zero-order valence-corrected chi connectivity index (χ0v) is 16.9. The first-order chi connectivity index (χ1) is 11.1. The van der Waals surface area contributed by atoms with Gasteiger partial charge in [-0.25, -0.2) is 0 Å². The number of hydrogen-bond acceptors (Lipinski definition) is 2. The normalized spacial score (nSPS) is 26.2. The molecule has 1 saturated heterocycles. The molecule has 1 aliphatic heterocycles. The van der Waals surface area contributed by atoms with Crippen LogP contribution in [0, 0.1) is 12.0 Å². The maximum absolute atomic E-state index is 10.0. The van der Waals surface area contributed by atoms with E-state index < -0.39 is 0 Å². The van der Waals surface area contributed by atoms with Crippen LogP contribution < -0.4 is 0 Å². The summed E-state index contributed by atoms with van der Waals surface area (Å²) in [6, 6.07) is 12.8. The molecule has 135 valence electrons. The molecule has 1 aromatic rings. The number of benzene rings is 1. The first kappa shape index (κ1) is 21.1. The van der Waals surface area contributed by atoms with Gasteiger partial charge in [-0.3, -0.25) is 4.79 Å². The third-order valence-electron chi connectivity index (χ3n) is 4.56. The van der Waals surface area contributed by atoms with Crippen LogP contribution in [0.25, 0.3) is 5.32 Å². The van der Waals surface area contributed by atoms with Crippen LogP contribution in [-0.4, -0.2) is 16.9 Å². The summed E-state index contributed by atoms with van der Waals surface area (Å²) in [5.41, 5.74) is 1.30. The average Bonchev–Trinajstić information content (AvgIpc) is 2.54. The molecule has 0 spiro atoms. The molecule has 3 unspecified atom stereocenters. The first-order valence-electron chi connectivity index (χ1n) is 8.60. The predicted octanol–water partition coefficient (Wildman–Crippen LogP) is 5.29. The molecule has 1 heterocycles. The molecule has 1 aliphatic carbocycles. The van der Waals surface area contributed by atoms with Crippen molar-refractivity contribution in [2.45, 2.75) is 64.5 Å². The number of allylic oxidation sites excluding steroid dienone is 2. The Balaban J connectivity index is 0.000000312. The second-order valence-corrected chi connectivity index (χ2v) is 6.57. The smallest absolute Gasteiger partial charge is 0.155 e. The standard InChI is InChI=1S/C15H19N.C5H8O2.Ir/c1-2-6-12(7-3-1)15-11-10-13-8-4-5-9-14(13)16-15;1-4(6)3-5(2)7;/h1-3,6,13-15H,4-5,8-11H2;3,6H,1-2H3;/q-2;;/b;4-3-;. The quantitative estimate of drug-likeness (QED) is 0.337. The Hall–Kier alpha value is -0.961. The van der Waals surface area contributed by atoms with Crippen molar-refractivity contribution >= 4 is 5.78 Å². The Bertz CT molecular complexity index is 526. The predicted molar refractivity (Wildman–Crippen MR) is 93.4 cm³/mol. The van der Waals surface area contributed by atoms with Crippen LogP contribution in [-0.2, 0) is 24.9 Å². The molecule has 1 radical (unpaired) electrons. The molecule has 24 heavy (non-hydrogen) atoms. The SMILES string of the molecule is CC(=O)/C=C(/C)O.[Ir].[c-]1ccccc1C1CCC2CCCCC2[N-]1.